The van der Waals surface area contributed by atoms with Crippen LogP contribution in [0.15, 0.2) is 51.8 Å². The predicted octanol–water partition coefficient (Wildman–Crippen LogP) is 3.89. The van der Waals surface area contributed by atoms with Gasteiger partial charge in [0, 0.05) is 18.7 Å². The van der Waals surface area contributed by atoms with Crippen LogP contribution in [0, 0.1) is 6.92 Å². The maximum absolute atomic E-state index is 13.2. The Kier molecular flexibility index (Phi) is 6.87. The largest absolute Gasteiger partial charge is 0.497 e. The van der Waals surface area contributed by atoms with Crippen molar-refractivity contribution < 1.29 is 27.0 Å². The topological polar surface area (TPSA) is 91.1 Å². The van der Waals surface area contributed by atoms with Gasteiger partial charge in [0.25, 0.3) is 0 Å². The maximum atomic E-state index is 13.2. The van der Waals surface area contributed by atoms with Crippen molar-refractivity contribution in [2.24, 2.45) is 0 Å². The molecule has 9 heteroatoms. The van der Waals surface area contributed by atoms with Gasteiger partial charge in [-0.2, -0.15) is 4.31 Å². The Balaban J connectivity index is 1.86. The van der Waals surface area contributed by atoms with Gasteiger partial charge in [0.05, 0.1) is 33.1 Å². The third-order valence-electron chi connectivity index (χ3n) is 4.74. The number of hydrogen-bond acceptors (Lipinski definition) is 7. The van der Waals surface area contributed by atoms with Gasteiger partial charge in [0.2, 0.25) is 15.9 Å². The van der Waals surface area contributed by atoms with Crippen LogP contribution in [0.5, 0.6) is 17.2 Å². The molecule has 0 aliphatic heterocycles. The minimum Gasteiger partial charge on any atom is -0.497 e. The summed E-state index contributed by atoms with van der Waals surface area (Å²) in [6, 6.07) is 12.0. The van der Waals surface area contributed by atoms with E-state index < -0.39 is 10.0 Å². The van der Waals surface area contributed by atoms with E-state index >= 15 is 0 Å². The molecule has 0 saturated heterocycles. The Bertz CT molecular complexity index is 1140. The van der Waals surface area contributed by atoms with Crippen LogP contribution in [0.3, 0.4) is 0 Å². The second kappa shape index (κ2) is 9.40. The molecule has 0 aliphatic rings. The normalized spacial score (nSPS) is 11.5. The summed E-state index contributed by atoms with van der Waals surface area (Å²) in [5.41, 5.74) is 1.30. The van der Waals surface area contributed by atoms with Gasteiger partial charge >= 0.3 is 0 Å². The summed E-state index contributed by atoms with van der Waals surface area (Å²) >= 11 is 0. The average molecular weight is 447 g/mol. The number of benzene rings is 2. The van der Waals surface area contributed by atoms with Crippen molar-refractivity contribution in [2.45, 2.75) is 25.3 Å². The molecule has 3 aromatic rings. The average Bonchev–Trinajstić information content (AvgIpc) is 3.14. The zero-order valence-corrected chi connectivity index (χ0v) is 19.0. The number of rotatable bonds is 9. The number of methoxy groups -OCH3 is 2. The van der Waals surface area contributed by atoms with E-state index in [1.54, 1.807) is 19.1 Å². The molecule has 1 heterocycles. The van der Waals surface area contributed by atoms with Crippen LogP contribution in [0.4, 0.5) is 0 Å². The first-order valence-corrected chi connectivity index (χ1v) is 11.1. The smallest absolute Gasteiger partial charge is 0.247 e. The molecule has 0 atom stereocenters. The monoisotopic (exact) mass is 446 g/mol. The molecule has 0 fully saturated rings. The molecule has 3 rings (SSSR count). The Morgan fingerprint density at radius 1 is 1.03 bits per heavy atom. The Morgan fingerprint density at radius 3 is 2.32 bits per heavy atom. The molecule has 8 nitrogen and oxygen atoms in total. The highest BCUT2D eigenvalue weighted by molar-refractivity contribution is 7.89. The lowest BCUT2D eigenvalue weighted by atomic mass is 10.2. The van der Waals surface area contributed by atoms with Gasteiger partial charge in [0.15, 0.2) is 0 Å². The quantitative estimate of drug-likeness (QED) is 0.492. The van der Waals surface area contributed by atoms with Gasteiger partial charge in [-0.1, -0.05) is 0 Å². The molecule has 166 valence electrons. The summed E-state index contributed by atoms with van der Waals surface area (Å²) in [6.45, 7) is 4.30. The van der Waals surface area contributed by atoms with E-state index in [2.05, 4.69) is 4.98 Å². The van der Waals surface area contributed by atoms with Crippen LogP contribution in [0.2, 0.25) is 0 Å². The van der Waals surface area contributed by atoms with Crippen molar-refractivity contribution >= 4 is 10.0 Å². The molecule has 0 aliphatic carbocycles. The van der Waals surface area contributed by atoms with Crippen molar-refractivity contribution in [1.29, 1.82) is 0 Å². The SMILES string of the molecule is CCOc1ccc(-c2nc(CN(C)S(=O)(=O)c3cc(OC)ccc3OC)c(C)o2)cc1. The van der Waals surface area contributed by atoms with Gasteiger partial charge in [-0.15, -0.1) is 0 Å². The fourth-order valence-corrected chi connectivity index (χ4v) is 4.31. The van der Waals surface area contributed by atoms with Crippen LogP contribution < -0.4 is 14.2 Å². The molecular formula is C22H26N2O6S. The zero-order valence-electron chi connectivity index (χ0n) is 18.2. The van der Waals surface area contributed by atoms with Crippen LogP contribution in [-0.4, -0.2) is 45.6 Å². The van der Waals surface area contributed by atoms with E-state index in [1.165, 1.54) is 31.6 Å². The predicted molar refractivity (Wildman–Crippen MR) is 116 cm³/mol. The number of nitrogens with zero attached hydrogens (tertiary/aromatic N) is 2. The van der Waals surface area contributed by atoms with Crippen molar-refractivity contribution in [3.8, 4) is 28.7 Å². The lowest BCUT2D eigenvalue weighted by Gasteiger charge is -2.18. The van der Waals surface area contributed by atoms with E-state index in [0.717, 1.165) is 11.3 Å². The Morgan fingerprint density at radius 2 is 1.71 bits per heavy atom. The Hall–Kier alpha value is -3.04. The molecule has 2 aromatic carbocycles. The number of oxazole rings is 1. The maximum Gasteiger partial charge on any atom is 0.247 e. The first kappa shape index (κ1) is 22.6. The molecular weight excluding hydrogens is 420 g/mol. The lowest BCUT2D eigenvalue weighted by molar-refractivity contribution is 0.340. The summed E-state index contributed by atoms with van der Waals surface area (Å²) in [5, 5.41) is 0. The molecule has 0 N–H and O–H groups in total. The highest BCUT2D eigenvalue weighted by Gasteiger charge is 2.27. The summed E-state index contributed by atoms with van der Waals surface area (Å²) in [6.07, 6.45) is 0. The number of hydrogen-bond donors (Lipinski definition) is 0. The third kappa shape index (κ3) is 4.83. The van der Waals surface area contributed by atoms with Gasteiger partial charge in [-0.05, 0) is 50.2 Å². The van der Waals surface area contributed by atoms with Gasteiger partial charge in [0.1, 0.15) is 27.9 Å². The molecule has 0 saturated carbocycles. The lowest BCUT2D eigenvalue weighted by Crippen LogP contribution is -2.27. The first-order chi connectivity index (χ1) is 14.8. The second-order valence-corrected chi connectivity index (χ2v) is 8.77. The summed E-state index contributed by atoms with van der Waals surface area (Å²) in [4.78, 5) is 4.53. The highest BCUT2D eigenvalue weighted by Crippen LogP contribution is 2.31. The van der Waals surface area contributed by atoms with E-state index in [-0.39, 0.29) is 17.2 Å². The molecule has 0 bridgehead atoms. The van der Waals surface area contributed by atoms with Gasteiger partial charge in [-0.3, -0.25) is 0 Å². The molecule has 0 amide bonds. The summed E-state index contributed by atoms with van der Waals surface area (Å²) in [5.74, 6) is 2.37. The standard InChI is InChI=1S/C22H26N2O6S/c1-6-29-17-9-7-16(8-10-17)22-23-19(15(2)30-22)14-24(3)31(25,26)21-13-18(27-4)11-12-20(21)28-5/h7-13H,6,14H2,1-5H3. The van der Waals surface area contributed by atoms with Gasteiger partial charge < -0.3 is 18.6 Å². The van der Waals surface area contributed by atoms with Crippen LogP contribution >= 0.6 is 0 Å². The molecule has 31 heavy (non-hydrogen) atoms. The third-order valence-corrected chi connectivity index (χ3v) is 6.56. The van der Waals surface area contributed by atoms with E-state index in [0.29, 0.717) is 29.7 Å². The van der Waals surface area contributed by atoms with Crippen molar-refractivity contribution in [3.63, 3.8) is 0 Å². The van der Waals surface area contributed by atoms with E-state index in [9.17, 15) is 8.42 Å². The summed E-state index contributed by atoms with van der Waals surface area (Å²) in [7, 11) is 0.516. The van der Waals surface area contributed by atoms with Gasteiger partial charge in [-0.25, -0.2) is 13.4 Å². The number of sulfonamides is 1. The zero-order chi connectivity index (χ0) is 22.6. The van der Waals surface area contributed by atoms with Crippen LogP contribution in [-0.2, 0) is 16.6 Å². The van der Waals surface area contributed by atoms with E-state index in [1.807, 2.05) is 31.2 Å². The minimum absolute atomic E-state index is 0.0183. The Labute approximate surface area is 182 Å². The fraction of sp³-hybridized carbons (Fsp3) is 0.318. The van der Waals surface area contributed by atoms with Crippen molar-refractivity contribution in [1.82, 2.24) is 9.29 Å². The number of aryl methyl sites for hydroxylation is 1. The fourth-order valence-electron chi connectivity index (χ4n) is 3.01. The number of ether oxygens (including phenoxy) is 3. The second-order valence-electron chi connectivity index (χ2n) is 6.76. The summed E-state index contributed by atoms with van der Waals surface area (Å²) < 4.78 is 49.2. The highest BCUT2D eigenvalue weighted by atomic mass is 32.2. The molecule has 0 spiro atoms. The first-order valence-electron chi connectivity index (χ1n) is 9.68. The van der Waals surface area contributed by atoms with Crippen molar-refractivity contribution in [3.05, 3.63) is 53.9 Å². The van der Waals surface area contributed by atoms with Crippen molar-refractivity contribution in [2.75, 3.05) is 27.9 Å². The molecule has 0 radical (unpaired) electrons. The van der Waals surface area contributed by atoms with Crippen LogP contribution in [0.1, 0.15) is 18.4 Å². The number of aromatic nitrogens is 1. The minimum atomic E-state index is -3.87. The molecule has 0 unspecified atom stereocenters. The van der Waals surface area contributed by atoms with Crippen LogP contribution in [0.25, 0.3) is 11.5 Å². The molecule has 1 aromatic heterocycles. The van der Waals surface area contributed by atoms with E-state index in [4.69, 9.17) is 18.6 Å².